The van der Waals surface area contributed by atoms with E-state index in [1.165, 1.54) is 18.1 Å². The second-order valence-electron chi connectivity index (χ2n) is 8.89. The van der Waals surface area contributed by atoms with Gasteiger partial charge in [-0.25, -0.2) is 0 Å². The van der Waals surface area contributed by atoms with Crippen LogP contribution in [0.25, 0.3) is 5.76 Å². The van der Waals surface area contributed by atoms with Crippen molar-refractivity contribution < 1.29 is 34.0 Å². The van der Waals surface area contributed by atoms with Gasteiger partial charge < -0.3 is 29.3 Å². The minimum absolute atomic E-state index is 0.0483. The molecule has 0 aliphatic carbocycles. The standard InChI is InChI=1S/C30H31NO7/c1-4-37-25-17-21(11-14-24(25)32)27-26(29(34)30(35)31(27)15-16-36-3)28(33)20-9-12-23(13-10-20)38-18-22-8-6-5-7-19(22)2/h5-14,17,27,32-33H,4,15-16,18H2,1-3H3/b28-26+. The largest absolute Gasteiger partial charge is 0.507 e. The molecule has 4 rings (SSSR count). The maximum absolute atomic E-state index is 13.2. The molecule has 1 aliphatic heterocycles. The second-order valence-corrected chi connectivity index (χ2v) is 8.89. The molecule has 198 valence electrons. The maximum atomic E-state index is 13.2. The quantitative estimate of drug-likeness (QED) is 0.227. The van der Waals surface area contributed by atoms with Crippen molar-refractivity contribution in [1.29, 1.82) is 0 Å². The van der Waals surface area contributed by atoms with Crippen LogP contribution in [0, 0.1) is 6.92 Å². The topological polar surface area (TPSA) is 106 Å². The minimum atomic E-state index is -0.887. The molecule has 8 nitrogen and oxygen atoms in total. The van der Waals surface area contributed by atoms with Crippen molar-refractivity contribution in [2.24, 2.45) is 0 Å². The Bertz CT molecular complexity index is 1350. The van der Waals surface area contributed by atoms with Gasteiger partial charge in [-0.2, -0.15) is 0 Å². The highest BCUT2D eigenvalue weighted by atomic mass is 16.5. The Morgan fingerprint density at radius 1 is 1.00 bits per heavy atom. The molecule has 1 fully saturated rings. The number of hydrogen-bond acceptors (Lipinski definition) is 7. The van der Waals surface area contributed by atoms with Gasteiger partial charge >= 0.3 is 0 Å². The zero-order valence-electron chi connectivity index (χ0n) is 21.6. The van der Waals surface area contributed by atoms with Crippen LogP contribution >= 0.6 is 0 Å². The smallest absolute Gasteiger partial charge is 0.295 e. The summed E-state index contributed by atoms with van der Waals surface area (Å²) in [6.45, 7) is 4.85. The first-order valence-electron chi connectivity index (χ1n) is 12.4. The number of amides is 1. The molecule has 38 heavy (non-hydrogen) atoms. The van der Waals surface area contributed by atoms with Gasteiger partial charge in [0.25, 0.3) is 11.7 Å². The van der Waals surface area contributed by atoms with Gasteiger partial charge in [-0.15, -0.1) is 0 Å². The molecule has 1 saturated heterocycles. The third kappa shape index (κ3) is 5.50. The number of phenolic OH excluding ortho intramolecular Hbond substituents is 1. The zero-order chi connectivity index (χ0) is 27.2. The Morgan fingerprint density at radius 3 is 2.42 bits per heavy atom. The highest BCUT2D eigenvalue weighted by molar-refractivity contribution is 6.46. The maximum Gasteiger partial charge on any atom is 0.295 e. The normalized spacial score (nSPS) is 16.6. The van der Waals surface area contributed by atoms with Crippen LogP contribution in [0.4, 0.5) is 0 Å². The number of carbonyl (C=O) groups excluding carboxylic acids is 2. The van der Waals surface area contributed by atoms with Crippen LogP contribution in [0.5, 0.6) is 17.2 Å². The summed E-state index contributed by atoms with van der Waals surface area (Å²) in [5, 5.41) is 21.4. The average Bonchev–Trinajstić information content (AvgIpc) is 3.17. The van der Waals surface area contributed by atoms with Crippen LogP contribution in [0.1, 0.15) is 35.2 Å². The Balaban J connectivity index is 1.68. The number of hydrogen-bond donors (Lipinski definition) is 2. The van der Waals surface area contributed by atoms with Gasteiger partial charge in [0.05, 0.1) is 24.8 Å². The lowest BCUT2D eigenvalue weighted by Crippen LogP contribution is -2.32. The number of ether oxygens (including phenoxy) is 3. The molecule has 0 saturated carbocycles. The van der Waals surface area contributed by atoms with Gasteiger partial charge in [0, 0.05) is 19.2 Å². The fourth-order valence-corrected chi connectivity index (χ4v) is 4.42. The third-order valence-corrected chi connectivity index (χ3v) is 6.46. The Hall–Kier alpha value is -4.30. The van der Waals surface area contributed by atoms with Gasteiger partial charge in [-0.3, -0.25) is 9.59 Å². The molecule has 0 spiro atoms. The number of benzene rings is 3. The fourth-order valence-electron chi connectivity index (χ4n) is 4.42. The molecule has 1 unspecified atom stereocenters. The molecule has 2 N–H and O–H groups in total. The van der Waals surface area contributed by atoms with Crippen molar-refractivity contribution in [1.82, 2.24) is 4.90 Å². The third-order valence-electron chi connectivity index (χ3n) is 6.46. The van der Waals surface area contributed by atoms with E-state index in [0.717, 1.165) is 11.1 Å². The molecule has 3 aromatic carbocycles. The van der Waals surface area contributed by atoms with E-state index in [0.29, 0.717) is 30.1 Å². The number of methoxy groups -OCH3 is 1. The zero-order valence-corrected chi connectivity index (χ0v) is 21.6. The average molecular weight is 518 g/mol. The van der Waals surface area contributed by atoms with Gasteiger partial charge in [-0.05, 0) is 66.9 Å². The number of nitrogens with zero attached hydrogens (tertiary/aromatic N) is 1. The SMILES string of the molecule is CCOc1cc(C2/C(=C(\O)c3ccc(OCc4ccccc4C)cc3)C(=O)C(=O)N2CCOC)ccc1O. The second kappa shape index (κ2) is 11.8. The van der Waals surface area contributed by atoms with Crippen LogP contribution < -0.4 is 9.47 Å². The van der Waals surface area contributed by atoms with Crippen LogP contribution in [-0.2, 0) is 20.9 Å². The molecule has 1 heterocycles. The van der Waals surface area contributed by atoms with Crippen molar-refractivity contribution >= 4 is 17.4 Å². The molecule has 1 amide bonds. The molecule has 8 heteroatoms. The van der Waals surface area contributed by atoms with E-state index in [1.807, 2.05) is 31.2 Å². The van der Waals surface area contributed by atoms with Crippen molar-refractivity contribution in [2.75, 3.05) is 26.9 Å². The summed E-state index contributed by atoms with van der Waals surface area (Å²) in [7, 11) is 1.50. The van der Waals surface area contributed by atoms with Crippen molar-refractivity contribution in [3.63, 3.8) is 0 Å². The summed E-state index contributed by atoms with van der Waals surface area (Å²) in [6, 6.07) is 18.4. The Labute approximate surface area is 221 Å². The van der Waals surface area contributed by atoms with E-state index in [2.05, 4.69) is 0 Å². The molecule has 1 aliphatic rings. The van der Waals surface area contributed by atoms with E-state index in [-0.39, 0.29) is 36.0 Å². The summed E-state index contributed by atoms with van der Waals surface area (Å²) >= 11 is 0. The summed E-state index contributed by atoms with van der Waals surface area (Å²) in [5.74, 6) is -1.08. The first-order chi connectivity index (χ1) is 18.3. The predicted molar refractivity (Wildman–Crippen MR) is 142 cm³/mol. The Morgan fingerprint density at radius 2 is 1.74 bits per heavy atom. The molecule has 0 bridgehead atoms. The number of aryl methyl sites for hydroxylation is 1. The fraction of sp³-hybridized carbons (Fsp3) is 0.267. The Kier molecular flexibility index (Phi) is 8.33. The molecule has 3 aromatic rings. The van der Waals surface area contributed by atoms with E-state index in [9.17, 15) is 19.8 Å². The highest BCUT2D eigenvalue weighted by Gasteiger charge is 2.46. The number of aliphatic hydroxyl groups is 1. The summed E-state index contributed by atoms with van der Waals surface area (Å²) in [6.07, 6.45) is 0. The van der Waals surface area contributed by atoms with Crippen LogP contribution in [0.2, 0.25) is 0 Å². The van der Waals surface area contributed by atoms with Crippen molar-refractivity contribution in [2.45, 2.75) is 26.5 Å². The van der Waals surface area contributed by atoms with Crippen LogP contribution in [0.15, 0.2) is 72.3 Å². The lowest BCUT2D eigenvalue weighted by Gasteiger charge is -2.25. The van der Waals surface area contributed by atoms with Crippen molar-refractivity contribution in [3.05, 3.63) is 94.6 Å². The number of aliphatic hydroxyl groups excluding tert-OH is 1. The number of phenols is 1. The number of aromatic hydroxyl groups is 1. The van der Waals surface area contributed by atoms with E-state index in [4.69, 9.17) is 14.2 Å². The van der Waals surface area contributed by atoms with E-state index in [1.54, 1.807) is 43.3 Å². The van der Waals surface area contributed by atoms with E-state index < -0.39 is 17.7 Å². The van der Waals surface area contributed by atoms with Gasteiger partial charge in [0.2, 0.25) is 0 Å². The molecule has 1 atom stereocenters. The summed E-state index contributed by atoms with van der Waals surface area (Å²) in [5.41, 5.74) is 3.03. The van der Waals surface area contributed by atoms with Gasteiger partial charge in [-0.1, -0.05) is 30.3 Å². The number of ketones is 1. The lowest BCUT2D eigenvalue weighted by atomic mass is 9.95. The summed E-state index contributed by atoms with van der Waals surface area (Å²) in [4.78, 5) is 27.5. The molecular formula is C30H31NO7. The first-order valence-corrected chi connectivity index (χ1v) is 12.4. The monoisotopic (exact) mass is 517 g/mol. The van der Waals surface area contributed by atoms with E-state index >= 15 is 0 Å². The van der Waals surface area contributed by atoms with Crippen LogP contribution in [-0.4, -0.2) is 53.7 Å². The lowest BCUT2D eigenvalue weighted by molar-refractivity contribution is -0.140. The van der Waals surface area contributed by atoms with Crippen molar-refractivity contribution in [3.8, 4) is 17.2 Å². The van der Waals surface area contributed by atoms with Gasteiger partial charge in [0.1, 0.15) is 18.1 Å². The molecule has 0 radical (unpaired) electrons. The predicted octanol–water partition coefficient (Wildman–Crippen LogP) is 4.75. The highest BCUT2D eigenvalue weighted by Crippen LogP contribution is 2.41. The number of carbonyl (C=O) groups is 2. The summed E-state index contributed by atoms with van der Waals surface area (Å²) < 4.78 is 16.5. The van der Waals surface area contributed by atoms with Crippen LogP contribution in [0.3, 0.4) is 0 Å². The minimum Gasteiger partial charge on any atom is -0.507 e. The molecular weight excluding hydrogens is 486 g/mol. The number of Topliss-reactive ketones (excluding diaryl/α,β-unsaturated/α-hetero) is 1. The number of rotatable bonds is 10. The van der Waals surface area contributed by atoms with Gasteiger partial charge in [0.15, 0.2) is 11.5 Å². The number of likely N-dealkylation sites (tertiary alicyclic amines) is 1. The first kappa shape index (κ1) is 26.8. The molecule has 0 aromatic heterocycles.